The number of nitrogens with zero attached hydrogens (tertiary/aromatic N) is 2. The Balaban J connectivity index is 0.000000330. The average Bonchev–Trinajstić information content (AvgIpc) is 3.78. The van der Waals surface area contributed by atoms with Crippen molar-refractivity contribution in [2.75, 3.05) is 26.3 Å². The lowest BCUT2D eigenvalue weighted by Crippen LogP contribution is -2.34. The molecule has 2 amide bonds. The van der Waals surface area contributed by atoms with Crippen LogP contribution >= 0.6 is 45.2 Å². The van der Waals surface area contributed by atoms with Crippen molar-refractivity contribution in [2.24, 2.45) is 0 Å². The van der Waals surface area contributed by atoms with Crippen LogP contribution in [0.25, 0.3) is 0 Å². The Labute approximate surface area is 389 Å². The van der Waals surface area contributed by atoms with Crippen LogP contribution in [0.2, 0.25) is 0 Å². The number of halogens is 6. The molecule has 0 radical (unpaired) electrons. The highest BCUT2D eigenvalue weighted by Crippen LogP contribution is 2.34. The molecule has 2 aliphatic rings. The number of esters is 2. The normalized spacial score (nSPS) is 17.4. The van der Waals surface area contributed by atoms with Gasteiger partial charge in [-0.25, -0.2) is 0 Å². The fraction of sp³-hybridized carbons (Fsp3) is 0.543. The molecule has 2 saturated heterocycles. The lowest BCUT2D eigenvalue weighted by atomic mass is 10.0. The third kappa shape index (κ3) is 17.3. The van der Waals surface area contributed by atoms with E-state index in [1.807, 2.05) is 45.2 Å². The summed E-state index contributed by atoms with van der Waals surface area (Å²) >= 11 is 4.04. The number of hydrogen-bond donors (Lipinski definition) is 1. The van der Waals surface area contributed by atoms with Crippen molar-refractivity contribution in [1.29, 1.82) is 0 Å². The van der Waals surface area contributed by atoms with Gasteiger partial charge in [0.15, 0.2) is 0 Å². The molecular weight excluding hydrogens is 1040 g/mol. The quantitative estimate of drug-likeness (QED) is 0.0275. The van der Waals surface area contributed by atoms with Gasteiger partial charge < -0.3 is 24.4 Å². The predicted molar refractivity (Wildman–Crippen MR) is 244 cm³/mol. The number of aliphatic hydroxyl groups is 1. The Morgan fingerprint density at radius 1 is 0.694 bits per heavy atom. The first-order valence-electron chi connectivity index (χ1n) is 21.3. The first-order valence-corrected chi connectivity index (χ1v) is 23.4. The molecule has 0 aliphatic carbocycles. The number of allylic oxidation sites excluding steroid dienone is 1. The SMILES string of the molecule is CCOC(=O)CCCCCCN1C(=O)CC[C@@H]1/C=C/C(=O)C(F)(F)c1ccc(I)cc1.CCOC(=O)CCCCCCN1C(=O)CC[C@@H]1/C=C/[C@@H](O)C(F)(F)c1ccc(I)cc1. The number of aliphatic hydroxyl groups excluding tert-OH is 1. The number of unbranched alkanes of at least 4 members (excludes halogenated alkanes) is 6. The molecule has 0 bridgehead atoms. The Bertz CT molecular complexity index is 1810. The van der Waals surface area contributed by atoms with Crippen LogP contribution in [0.15, 0.2) is 72.8 Å². The Morgan fingerprint density at radius 3 is 1.56 bits per heavy atom. The van der Waals surface area contributed by atoms with Gasteiger partial charge in [-0.2, -0.15) is 17.6 Å². The van der Waals surface area contributed by atoms with E-state index in [4.69, 9.17) is 9.47 Å². The Hall–Kier alpha value is -3.39. The molecule has 4 rings (SSSR count). The van der Waals surface area contributed by atoms with Crippen molar-refractivity contribution in [3.63, 3.8) is 0 Å². The number of ketones is 1. The molecule has 16 heteroatoms. The second kappa shape index (κ2) is 27.1. The van der Waals surface area contributed by atoms with Gasteiger partial charge in [-0.15, -0.1) is 0 Å². The van der Waals surface area contributed by atoms with E-state index < -0.39 is 23.7 Å². The maximum atomic E-state index is 14.5. The van der Waals surface area contributed by atoms with E-state index in [2.05, 4.69) is 0 Å². The van der Waals surface area contributed by atoms with E-state index in [0.29, 0.717) is 64.8 Å². The standard InChI is InChI=1S/C23H30F2INO4.C23H28F2INO4/c2*1-2-31-22(30)7-5-3-4-6-16-27-19(13-15-21(27)29)12-14-20(28)23(24,25)17-8-10-18(26)11-9-17/h8-12,14,19-20,28H,2-7,13,15-16H2,1H3;8-12,14,19H,2-7,13,15-16H2,1H3/b2*14-12+/t19-,20+;19-/m00/s1. The summed E-state index contributed by atoms with van der Waals surface area (Å²) in [7, 11) is 0. The average molecular weight is 1100 g/mol. The van der Waals surface area contributed by atoms with Crippen molar-refractivity contribution in [3.8, 4) is 0 Å². The molecule has 342 valence electrons. The number of hydrogen-bond acceptors (Lipinski definition) is 8. The van der Waals surface area contributed by atoms with Crippen LogP contribution in [0.1, 0.15) is 115 Å². The molecule has 2 aliphatic heterocycles. The molecule has 2 aromatic rings. The van der Waals surface area contributed by atoms with Crippen molar-refractivity contribution in [1.82, 2.24) is 9.80 Å². The maximum absolute atomic E-state index is 14.5. The van der Waals surface area contributed by atoms with Crippen LogP contribution in [0.5, 0.6) is 0 Å². The third-order valence-electron chi connectivity index (χ3n) is 10.5. The highest BCUT2D eigenvalue weighted by Gasteiger charge is 2.40. The van der Waals surface area contributed by atoms with E-state index >= 15 is 0 Å². The lowest BCUT2D eigenvalue weighted by molar-refractivity contribution is -0.144. The number of benzene rings is 2. The van der Waals surface area contributed by atoms with Gasteiger partial charge in [0.05, 0.1) is 25.3 Å². The van der Waals surface area contributed by atoms with Gasteiger partial charge in [0.1, 0.15) is 6.10 Å². The summed E-state index contributed by atoms with van der Waals surface area (Å²) in [6.07, 6.45) is 12.0. The topological polar surface area (TPSA) is 131 Å². The summed E-state index contributed by atoms with van der Waals surface area (Å²) in [5.41, 5.74) is -0.586. The summed E-state index contributed by atoms with van der Waals surface area (Å²) in [5.74, 6) is -8.72. The van der Waals surface area contributed by atoms with E-state index in [-0.39, 0.29) is 47.0 Å². The van der Waals surface area contributed by atoms with Crippen LogP contribution in [0.3, 0.4) is 0 Å². The molecule has 3 atom stereocenters. The molecule has 2 fully saturated rings. The second-order valence-electron chi connectivity index (χ2n) is 15.1. The maximum Gasteiger partial charge on any atom is 0.334 e. The zero-order valence-corrected chi connectivity index (χ0v) is 39.7. The molecule has 62 heavy (non-hydrogen) atoms. The zero-order valence-electron chi connectivity index (χ0n) is 35.4. The van der Waals surface area contributed by atoms with Gasteiger partial charge in [0, 0.05) is 57.0 Å². The minimum absolute atomic E-state index is 0.0000538. The van der Waals surface area contributed by atoms with Crippen LogP contribution in [0, 0.1) is 7.14 Å². The van der Waals surface area contributed by atoms with Gasteiger partial charge in [0.25, 0.3) is 0 Å². The summed E-state index contributed by atoms with van der Waals surface area (Å²) < 4.78 is 69.4. The molecule has 2 heterocycles. The predicted octanol–water partition coefficient (Wildman–Crippen LogP) is 9.82. The number of carbonyl (C=O) groups excluding carboxylic acids is 5. The molecular formula is C46H58F4I2N2O8. The summed E-state index contributed by atoms with van der Waals surface area (Å²) in [4.78, 5) is 62.5. The summed E-state index contributed by atoms with van der Waals surface area (Å²) in [5, 5.41) is 10.1. The first kappa shape index (κ1) is 53.0. The van der Waals surface area contributed by atoms with Gasteiger partial charge in [-0.3, -0.25) is 24.0 Å². The van der Waals surface area contributed by atoms with Crippen LogP contribution < -0.4 is 0 Å². The van der Waals surface area contributed by atoms with Gasteiger partial charge >= 0.3 is 23.8 Å². The minimum atomic E-state index is -3.60. The lowest BCUT2D eigenvalue weighted by Gasteiger charge is -2.24. The number of ether oxygens (including phenoxy) is 2. The van der Waals surface area contributed by atoms with Crippen LogP contribution in [-0.2, 0) is 45.3 Å². The van der Waals surface area contributed by atoms with E-state index in [1.54, 1.807) is 35.8 Å². The molecule has 2 aromatic carbocycles. The first-order chi connectivity index (χ1) is 29.5. The smallest absolute Gasteiger partial charge is 0.334 e. The number of alkyl halides is 4. The van der Waals surface area contributed by atoms with E-state index in [0.717, 1.165) is 70.7 Å². The monoisotopic (exact) mass is 1100 g/mol. The second-order valence-corrected chi connectivity index (χ2v) is 17.6. The molecule has 0 saturated carbocycles. The van der Waals surface area contributed by atoms with Crippen LogP contribution in [-0.4, -0.2) is 88.9 Å². The molecule has 0 aromatic heterocycles. The summed E-state index contributed by atoms with van der Waals surface area (Å²) in [6.45, 7) is 5.36. The highest BCUT2D eigenvalue weighted by molar-refractivity contribution is 14.1. The zero-order chi connectivity index (χ0) is 45.7. The molecule has 1 N–H and O–H groups in total. The fourth-order valence-electron chi connectivity index (χ4n) is 7.07. The summed E-state index contributed by atoms with van der Waals surface area (Å²) in [6, 6.07) is 10.7. The minimum Gasteiger partial charge on any atom is -0.466 e. The number of amides is 2. The Morgan fingerprint density at radius 2 is 1.11 bits per heavy atom. The van der Waals surface area contributed by atoms with E-state index in [9.17, 15) is 46.6 Å². The van der Waals surface area contributed by atoms with Crippen molar-refractivity contribution < 1.29 is 56.1 Å². The molecule has 0 spiro atoms. The Kier molecular flexibility index (Phi) is 23.1. The van der Waals surface area contributed by atoms with Gasteiger partial charge in [0.2, 0.25) is 17.6 Å². The molecule has 10 nitrogen and oxygen atoms in total. The number of carbonyl (C=O) groups is 5. The number of rotatable bonds is 24. The highest BCUT2D eigenvalue weighted by atomic mass is 127. The largest absolute Gasteiger partial charge is 0.466 e. The van der Waals surface area contributed by atoms with Gasteiger partial charge in [-0.1, -0.05) is 68.2 Å². The van der Waals surface area contributed by atoms with E-state index in [1.165, 1.54) is 48.6 Å². The number of likely N-dealkylation sites (tertiary alicyclic amines) is 2. The van der Waals surface area contributed by atoms with Crippen molar-refractivity contribution in [2.45, 2.75) is 134 Å². The van der Waals surface area contributed by atoms with Crippen molar-refractivity contribution >= 4 is 74.7 Å². The van der Waals surface area contributed by atoms with Crippen LogP contribution in [0.4, 0.5) is 17.6 Å². The van der Waals surface area contributed by atoms with Gasteiger partial charge in [-0.05, 0) is 128 Å². The fourth-order valence-corrected chi connectivity index (χ4v) is 7.79. The third-order valence-corrected chi connectivity index (χ3v) is 12.0. The van der Waals surface area contributed by atoms with Crippen molar-refractivity contribution in [3.05, 3.63) is 91.1 Å². The molecule has 0 unspecified atom stereocenters.